The molecule has 1 aliphatic rings. The summed E-state index contributed by atoms with van der Waals surface area (Å²) >= 11 is 0. The summed E-state index contributed by atoms with van der Waals surface area (Å²) in [4.78, 5) is 22.0. The summed E-state index contributed by atoms with van der Waals surface area (Å²) in [5, 5.41) is 6.78. The molecule has 1 aromatic rings. The van der Waals surface area contributed by atoms with E-state index in [1.807, 2.05) is 13.0 Å². The van der Waals surface area contributed by atoms with Gasteiger partial charge in [-0.1, -0.05) is 6.92 Å². The van der Waals surface area contributed by atoms with Crippen LogP contribution in [0.2, 0.25) is 0 Å². The molecular weight excluding hydrogens is 294 g/mol. The van der Waals surface area contributed by atoms with Crippen LogP contribution in [-0.4, -0.2) is 52.7 Å². The number of anilines is 2. The van der Waals surface area contributed by atoms with Crippen molar-refractivity contribution < 1.29 is 9.53 Å². The maximum Gasteiger partial charge on any atom is 0.409 e. The fourth-order valence-corrected chi connectivity index (χ4v) is 2.50. The minimum atomic E-state index is -0.215. The molecular formula is C16H27N5O2. The largest absolute Gasteiger partial charge is 0.450 e. The highest BCUT2D eigenvalue weighted by Crippen LogP contribution is 2.17. The van der Waals surface area contributed by atoms with Gasteiger partial charge in [-0.15, -0.1) is 0 Å². The number of amides is 1. The van der Waals surface area contributed by atoms with Gasteiger partial charge in [-0.3, -0.25) is 0 Å². The summed E-state index contributed by atoms with van der Waals surface area (Å²) in [6.45, 7) is 7.92. The molecule has 1 unspecified atom stereocenters. The second-order valence-electron chi connectivity index (χ2n) is 5.85. The number of nitrogens with one attached hydrogen (secondary N) is 2. The van der Waals surface area contributed by atoms with Crippen molar-refractivity contribution in [1.29, 1.82) is 0 Å². The smallest absolute Gasteiger partial charge is 0.409 e. The van der Waals surface area contributed by atoms with Crippen molar-refractivity contribution in [2.75, 3.05) is 30.3 Å². The van der Waals surface area contributed by atoms with Crippen LogP contribution in [0.25, 0.3) is 0 Å². The molecule has 128 valence electrons. The van der Waals surface area contributed by atoms with E-state index < -0.39 is 0 Å². The number of aromatic nitrogens is 2. The summed E-state index contributed by atoms with van der Waals surface area (Å²) in [5.41, 5.74) is 0. The van der Waals surface area contributed by atoms with E-state index in [2.05, 4.69) is 34.4 Å². The van der Waals surface area contributed by atoms with Crippen LogP contribution in [0.4, 0.5) is 16.4 Å². The van der Waals surface area contributed by atoms with Crippen molar-refractivity contribution >= 4 is 17.7 Å². The molecule has 1 aromatic heterocycles. The van der Waals surface area contributed by atoms with E-state index in [0.717, 1.165) is 30.9 Å². The Bertz CT molecular complexity index is 503. The molecule has 0 bridgehead atoms. The van der Waals surface area contributed by atoms with Crippen LogP contribution >= 0.6 is 0 Å². The van der Waals surface area contributed by atoms with Crippen molar-refractivity contribution in [3.05, 3.63) is 12.4 Å². The number of ether oxygens (including phenoxy) is 1. The molecule has 1 saturated heterocycles. The zero-order chi connectivity index (χ0) is 16.7. The van der Waals surface area contributed by atoms with E-state index in [4.69, 9.17) is 4.74 Å². The number of nitrogens with zero attached hydrogens (tertiary/aromatic N) is 3. The summed E-state index contributed by atoms with van der Waals surface area (Å²) in [6, 6.07) is 2.63. The first-order valence-electron chi connectivity index (χ1n) is 8.39. The highest BCUT2D eigenvalue weighted by Gasteiger charge is 2.23. The van der Waals surface area contributed by atoms with Gasteiger partial charge in [0, 0.05) is 31.2 Å². The van der Waals surface area contributed by atoms with E-state index in [1.165, 1.54) is 0 Å². The molecule has 2 N–H and O–H groups in total. The quantitative estimate of drug-likeness (QED) is 0.838. The standard InChI is InChI=1S/C16H27N5O2/c1-4-12(3)19-14-10-15(18-11-17-14)20-13-6-8-21(9-7-13)16(22)23-5-2/h10-13H,4-9H2,1-3H3,(H2,17,18,19,20). The lowest BCUT2D eigenvalue weighted by Crippen LogP contribution is -2.42. The van der Waals surface area contributed by atoms with Crippen LogP contribution in [0.1, 0.15) is 40.0 Å². The van der Waals surface area contributed by atoms with Gasteiger partial charge in [0.2, 0.25) is 0 Å². The van der Waals surface area contributed by atoms with E-state index in [0.29, 0.717) is 31.8 Å². The third-order valence-corrected chi connectivity index (χ3v) is 4.05. The lowest BCUT2D eigenvalue weighted by Gasteiger charge is -2.31. The molecule has 7 heteroatoms. The van der Waals surface area contributed by atoms with Crippen LogP contribution in [0.5, 0.6) is 0 Å². The Kier molecular flexibility index (Phi) is 6.43. The topological polar surface area (TPSA) is 79.4 Å². The van der Waals surface area contributed by atoms with E-state index in [1.54, 1.807) is 11.2 Å². The fraction of sp³-hybridized carbons (Fsp3) is 0.688. The van der Waals surface area contributed by atoms with Crippen molar-refractivity contribution in [2.45, 2.75) is 52.1 Å². The number of carbonyl (C=O) groups excluding carboxylic acids is 1. The van der Waals surface area contributed by atoms with E-state index in [-0.39, 0.29) is 6.09 Å². The first kappa shape index (κ1) is 17.3. The van der Waals surface area contributed by atoms with Gasteiger partial charge in [0.15, 0.2) is 0 Å². The molecule has 1 atom stereocenters. The highest BCUT2D eigenvalue weighted by atomic mass is 16.6. The van der Waals surface area contributed by atoms with Crippen LogP contribution < -0.4 is 10.6 Å². The predicted molar refractivity (Wildman–Crippen MR) is 90.6 cm³/mol. The third-order valence-electron chi connectivity index (χ3n) is 4.05. The Morgan fingerprint density at radius 2 is 2.04 bits per heavy atom. The fourth-order valence-electron chi connectivity index (χ4n) is 2.50. The maximum atomic E-state index is 11.7. The van der Waals surface area contributed by atoms with Gasteiger partial charge < -0.3 is 20.3 Å². The minimum Gasteiger partial charge on any atom is -0.450 e. The van der Waals surface area contributed by atoms with Crippen LogP contribution in [-0.2, 0) is 4.74 Å². The second kappa shape index (κ2) is 8.55. The summed E-state index contributed by atoms with van der Waals surface area (Å²) in [6.07, 6.45) is 4.17. The summed E-state index contributed by atoms with van der Waals surface area (Å²) in [7, 11) is 0. The zero-order valence-corrected chi connectivity index (χ0v) is 14.2. The average Bonchev–Trinajstić information content (AvgIpc) is 2.56. The Balaban J connectivity index is 1.84. The van der Waals surface area contributed by atoms with E-state index >= 15 is 0 Å². The third kappa shape index (κ3) is 5.26. The Morgan fingerprint density at radius 1 is 1.35 bits per heavy atom. The molecule has 2 heterocycles. The van der Waals surface area contributed by atoms with Gasteiger partial charge in [0.1, 0.15) is 18.0 Å². The van der Waals surface area contributed by atoms with Crippen molar-refractivity contribution in [3.63, 3.8) is 0 Å². The molecule has 1 aliphatic heterocycles. The monoisotopic (exact) mass is 321 g/mol. The zero-order valence-electron chi connectivity index (χ0n) is 14.2. The van der Waals surface area contributed by atoms with Gasteiger partial charge >= 0.3 is 6.09 Å². The molecule has 0 radical (unpaired) electrons. The van der Waals surface area contributed by atoms with Crippen LogP contribution in [0, 0.1) is 0 Å². The normalized spacial score (nSPS) is 16.7. The second-order valence-corrected chi connectivity index (χ2v) is 5.85. The SMILES string of the molecule is CCOC(=O)N1CCC(Nc2cc(NC(C)CC)ncn2)CC1. The molecule has 0 aromatic carbocycles. The number of hydrogen-bond donors (Lipinski definition) is 2. The summed E-state index contributed by atoms with van der Waals surface area (Å²) < 4.78 is 5.04. The molecule has 7 nitrogen and oxygen atoms in total. The maximum absolute atomic E-state index is 11.7. The van der Waals surface area contributed by atoms with Crippen LogP contribution in [0.15, 0.2) is 12.4 Å². The molecule has 23 heavy (non-hydrogen) atoms. The lowest BCUT2D eigenvalue weighted by atomic mass is 10.1. The number of carbonyl (C=O) groups is 1. The predicted octanol–water partition coefficient (Wildman–Crippen LogP) is 2.72. The Labute approximate surface area is 137 Å². The number of rotatable bonds is 6. The van der Waals surface area contributed by atoms with Crippen LogP contribution in [0.3, 0.4) is 0 Å². The van der Waals surface area contributed by atoms with E-state index in [9.17, 15) is 4.79 Å². The molecule has 1 amide bonds. The molecule has 0 saturated carbocycles. The van der Waals surface area contributed by atoms with Gasteiger partial charge in [-0.25, -0.2) is 14.8 Å². The van der Waals surface area contributed by atoms with Crippen molar-refractivity contribution in [2.24, 2.45) is 0 Å². The molecule has 0 spiro atoms. The number of hydrogen-bond acceptors (Lipinski definition) is 6. The Hall–Kier alpha value is -2.05. The van der Waals surface area contributed by atoms with Gasteiger partial charge in [0.25, 0.3) is 0 Å². The summed E-state index contributed by atoms with van der Waals surface area (Å²) in [5.74, 6) is 1.65. The lowest BCUT2D eigenvalue weighted by molar-refractivity contribution is 0.0983. The molecule has 0 aliphatic carbocycles. The Morgan fingerprint density at radius 3 is 2.70 bits per heavy atom. The first-order chi connectivity index (χ1) is 11.1. The highest BCUT2D eigenvalue weighted by molar-refractivity contribution is 5.67. The van der Waals surface area contributed by atoms with Crippen molar-refractivity contribution in [3.8, 4) is 0 Å². The average molecular weight is 321 g/mol. The number of likely N-dealkylation sites (tertiary alicyclic amines) is 1. The first-order valence-corrected chi connectivity index (χ1v) is 8.39. The van der Waals surface area contributed by atoms with Gasteiger partial charge in [0.05, 0.1) is 6.61 Å². The van der Waals surface area contributed by atoms with Gasteiger partial charge in [-0.05, 0) is 33.1 Å². The minimum absolute atomic E-state index is 0.215. The van der Waals surface area contributed by atoms with Crippen molar-refractivity contribution in [1.82, 2.24) is 14.9 Å². The molecule has 1 fully saturated rings. The number of piperidine rings is 1. The van der Waals surface area contributed by atoms with Gasteiger partial charge in [-0.2, -0.15) is 0 Å². The molecule has 2 rings (SSSR count).